The lowest BCUT2D eigenvalue weighted by atomic mass is 10.2. The van der Waals surface area contributed by atoms with Crippen LogP contribution in [0.25, 0.3) is 17.1 Å². The number of benzene rings is 2. The van der Waals surface area contributed by atoms with E-state index < -0.39 is 0 Å². The minimum atomic E-state index is -0.329. The molecular weight excluding hydrogens is 455 g/mol. The molecule has 3 heterocycles. The molecule has 11 heteroatoms. The molecule has 0 saturated carbocycles. The summed E-state index contributed by atoms with van der Waals surface area (Å²) >= 11 is 7.32. The highest BCUT2D eigenvalue weighted by atomic mass is 35.5. The molecule has 1 aliphatic rings. The normalized spacial score (nSPS) is 14.1. The maximum atomic E-state index is 14.0. The molecule has 1 saturated heterocycles. The molecule has 0 atom stereocenters. The standard InChI is InChI=1S/C21H18ClFN6O2S/c22-15-6-4-14(5-7-15)19-25-24-18(31-19)13-32-21-27-26-20(28-8-10-30-11-9-28)29(21)17-3-1-2-16(23)12-17/h1-7,12H,8-11,13H2. The van der Waals surface area contributed by atoms with Crippen molar-refractivity contribution in [1.29, 1.82) is 0 Å². The average Bonchev–Trinajstić information content (AvgIpc) is 3.46. The van der Waals surface area contributed by atoms with Crippen molar-refractivity contribution >= 4 is 29.3 Å². The van der Waals surface area contributed by atoms with Gasteiger partial charge in [0.05, 0.1) is 24.7 Å². The highest BCUT2D eigenvalue weighted by molar-refractivity contribution is 7.98. The van der Waals surface area contributed by atoms with Crippen molar-refractivity contribution < 1.29 is 13.5 Å². The van der Waals surface area contributed by atoms with Crippen LogP contribution in [0.4, 0.5) is 10.3 Å². The fraction of sp³-hybridized carbons (Fsp3) is 0.238. The predicted molar refractivity (Wildman–Crippen MR) is 119 cm³/mol. The van der Waals surface area contributed by atoms with Gasteiger partial charge in [-0.05, 0) is 42.5 Å². The summed E-state index contributed by atoms with van der Waals surface area (Å²) in [6, 6.07) is 13.5. The monoisotopic (exact) mass is 472 g/mol. The van der Waals surface area contributed by atoms with Gasteiger partial charge in [-0.2, -0.15) is 0 Å². The van der Waals surface area contributed by atoms with Crippen molar-refractivity contribution in [2.75, 3.05) is 31.2 Å². The topological polar surface area (TPSA) is 82.1 Å². The maximum Gasteiger partial charge on any atom is 0.247 e. The third-order valence-corrected chi connectivity index (χ3v) is 6.03. The minimum absolute atomic E-state index is 0.329. The van der Waals surface area contributed by atoms with E-state index in [0.717, 1.165) is 5.56 Å². The van der Waals surface area contributed by atoms with Crippen LogP contribution >= 0.6 is 23.4 Å². The van der Waals surface area contributed by atoms with E-state index in [-0.39, 0.29) is 5.82 Å². The average molecular weight is 473 g/mol. The van der Waals surface area contributed by atoms with Gasteiger partial charge in [-0.15, -0.1) is 20.4 Å². The molecule has 0 unspecified atom stereocenters. The second-order valence-electron chi connectivity index (χ2n) is 6.99. The Morgan fingerprint density at radius 2 is 1.81 bits per heavy atom. The first-order valence-electron chi connectivity index (χ1n) is 9.92. The summed E-state index contributed by atoms with van der Waals surface area (Å²) in [7, 11) is 0. The molecule has 0 spiro atoms. The van der Waals surface area contributed by atoms with Crippen LogP contribution in [0, 0.1) is 5.82 Å². The number of morpholine rings is 1. The lowest BCUT2D eigenvalue weighted by Gasteiger charge is -2.27. The summed E-state index contributed by atoms with van der Waals surface area (Å²) in [5.74, 6) is 1.56. The van der Waals surface area contributed by atoms with Gasteiger partial charge in [-0.3, -0.25) is 4.57 Å². The highest BCUT2D eigenvalue weighted by Gasteiger charge is 2.22. The van der Waals surface area contributed by atoms with E-state index in [0.29, 0.717) is 65.7 Å². The molecule has 0 N–H and O–H groups in total. The molecule has 1 fully saturated rings. The van der Waals surface area contributed by atoms with Crippen molar-refractivity contribution in [2.45, 2.75) is 10.9 Å². The van der Waals surface area contributed by atoms with E-state index in [9.17, 15) is 4.39 Å². The molecule has 2 aromatic carbocycles. The van der Waals surface area contributed by atoms with Gasteiger partial charge < -0.3 is 14.1 Å². The number of thioether (sulfide) groups is 1. The summed E-state index contributed by atoms with van der Waals surface area (Å²) < 4.78 is 27.0. The van der Waals surface area contributed by atoms with Crippen molar-refractivity contribution in [2.24, 2.45) is 0 Å². The first-order chi connectivity index (χ1) is 15.7. The second kappa shape index (κ2) is 9.27. The quantitative estimate of drug-likeness (QED) is 0.385. The molecule has 8 nitrogen and oxygen atoms in total. The molecular formula is C21H18ClFN6O2S. The zero-order valence-corrected chi connectivity index (χ0v) is 18.4. The number of halogens is 2. The molecule has 1 aliphatic heterocycles. The van der Waals surface area contributed by atoms with Crippen molar-refractivity contribution in [3.8, 4) is 17.1 Å². The lowest BCUT2D eigenvalue weighted by molar-refractivity contribution is 0.122. The van der Waals surface area contributed by atoms with Gasteiger partial charge in [0.25, 0.3) is 0 Å². The third kappa shape index (κ3) is 4.47. The number of rotatable bonds is 6. The summed E-state index contributed by atoms with van der Waals surface area (Å²) in [5, 5.41) is 18.2. The van der Waals surface area contributed by atoms with Crippen LogP contribution in [0.3, 0.4) is 0 Å². The fourth-order valence-corrected chi connectivity index (χ4v) is 4.22. The summed E-state index contributed by atoms with van der Waals surface area (Å²) in [6.45, 7) is 2.58. The smallest absolute Gasteiger partial charge is 0.247 e. The SMILES string of the molecule is Fc1cccc(-n2c(SCc3nnc(-c4ccc(Cl)cc4)o3)nnc2N2CCOCC2)c1. The van der Waals surface area contributed by atoms with Gasteiger partial charge in [0, 0.05) is 23.7 Å². The number of ether oxygens (including phenoxy) is 1. The largest absolute Gasteiger partial charge is 0.420 e. The molecule has 164 valence electrons. The van der Waals surface area contributed by atoms with E-state index in [4.69, 9.17) is 20.8 Å². The van der Waals surface area contributed by atoms with Crippen LogP contribution in [0.1, 0.15) is 5.89 Å². The Kier molecular flexibility index (Phi) is 6.06. The molecule has 0 bridgehead atoms. The van der Waals surface area contributed by atoms with Gasteiger partial charge >= 0.3 is 0 Å². The number of nitrogens with zero attached hydrogens (tertiary/aromatic N) is 6. The molecule has 2 aromatic heterocycles. The molecule has 0 aliphatic carbocycles. The minimum Gasteiger partial charge on any atom is -0.420 e. The zero-order chi connectivity index (χ0) is 21.9. The third-order valence-electron chi connectivity index (χ3n) is 4.86. The fourth-order valence-electron chi connectivity index (χ4n) is 3.31. The van der Waals surface area contributed by atoms with Crippen LogP contribution in [-0.4, -0.2) is 51.3 Å². The Bertz CT molecular complexity index is 1210. The van der Waals surface area contributed by atoms with E-state index in [1.54, 1.807) is 18.2 Å². The van der Waals surface area contributed by atoms with Gasteiger partial charge in [0.1, 0.15) is 5.82 Å². The highest BCUT2D eigenvalue weighted by Crippen LogP contribution is 2.30. The van der Waals surface area contributed by atoms with Gasteiger partial charge in [-0.25, -0.2) is 4.39 Å². The molecule has 0 radical (unpaired) electrons. The summed E-state index contributed by atoms with van der Waals surface area (Å²) in [4.78, 5) is 2.08. The maximum absolute atomic E-state index is 14.0. The van der Waals surface area contributed by atoms with Crippen molar-refractivity contribution in [3.63, 3.8) is 0 Å². The lowest BCUT2D eigenvalue weighted by Crippen LogP contribution is -2.37. The molecule has 0 amide bonds. The first-order valence-corrected chi connectivity index (χ1v) is 11.3. The second-order valence-corrected chi connectivity index (χ2v) is 8.37. The van der Waals surface area contributed by atoms with Crippen LogP contribution in [0.5, 0.6) is 0 Å². The predicted octanol–water partition coefficient (Wildman–Crippen LogP) is 4.24. The van der Waals surface area contributed by atoms with Crippen LogP contribution < -0.4 is 4.90 Å². The van der Waals surface area contributed by atoms with Gasteiger partial charge in [0.15, 0.2) is 5.16 Å². The Morgan fingerprint density at radius 3 is 2.59 bits per heavy atom. The zero-order valence-electron chi connectivity index (χ0n) is 16.8. The Balaban J connectivity index is 1.40. The van der Waals surface area contributed by atoms with Crippen LogP contribution in [0.15, 0.2) is 58.1 Å². The van der Waals surface area contributed by atoms with E-state index in [1.807, 2.05) is 22.8 Å². The van der Waals surface area contributed by atoms with E-state index in [1.165, 1.54) is 23.9 Å². The Hall–Kier alpha value is -2.95. The van der Waals surface area contributed by atoms with Crippen molar-refractivity contribution in [3.05, 3.63) is 65.3 Å². The number of anilines is 1. The van der Waals surface area contributed by atoms with Crippen molar-refractivity contribution in [1.82, 2.24) is 25.0 Å². The van der Waals surface area contributed by atoms with E-state index in [2.05, 4.69) is 25.3 Å². The van der Waals surface area contributed by atoms with E-state index >= 15 is 0 Å². The van der Waals surface area contributed by atoms with Gasteiger partial charge in [-0.1, -0.05) is 29.4 Å². The first kappa shape index (κ1) is 20.9. The Labute approximate surface area is 192 Å². The molecule has 32 heavy (non-hydrogen) atoms. The number of hydrogen-bond acceptors (Lipinski definition) is 8. The summed E-state index contributed by atoms with van der Waals surface area (Å²) in [6.07, 6.45) is 0. The molecule has 4 aromatic rings. The van der Waals surface area contributed by atoms with Crippen LogP contribution in [0.2, 0.25) is 5.02 Å². The van der Waals surface area contributed by atoms with Crippen LogP contribution in [-0.2, 0) is 10.5 Å². The molecule has 5 rings (SSSR count). The van der Waals surface area contributed by atoms with Gasteiger partial charge in [0.2, 0.25) is 17.7 Å². The number of hydrogen-bond donors (Lipinski definition) is 0. The summed E-state index contributed by atoms with van der Waals surface area (Å²) in [5.41, 5.74) is 1.43. The number of aromatic nitrogens is 5. The Morgan fingerprint density at radius 1 is 1.00 bits per heavy atom.